The van der Waals surface area contributed by atoms with Crippen LogP contribution in [0.25, 0.3) is 0 Å². The molecule has 8 heteroatoms. The molecule has 1 unspecified atom stereocenters. The summed E-state index contributed by atoms with van der Waals surface area (Å²) in [6.07, 6.45) is -0.419. The minimum atomic E-state index is -0.565. The van der Waals surface area contributed by atoms with Gasteiger partial charge in [0.05, 0.1) is 0 Å². The Bertz CT molecular complexity index is 588. The normalized spacial score (nSPS) is 18.4. The maximum Gasteiger partial charge on any atom is 0.410 e. The summed E-state index contributed by atoms with van der Waals surface area (Å²) in [5, 5.41) is 6.06. The predicted octanol–water partition coefficient (Wildman–Crippen LogP) is 1.88. The smallest absolute Gasteiger partial charge is 0.410 e. The molecule has 2 rings (SSSR count). The van der Waals surface area contributed by atoms with Gasteiger partial charge in [0.1, 0.15) is 22.6 Å². The minimum Gasteiger partial charge on any atom is -0.444 e. The van der Waals surface area contributed by atoms with Crippen LogP contribution in [-0.4, -0.2) is 53.2 Å². The predicted molar refractivity (Wildman–Crippen MR) is 87.5 cm³/mol. The van der Waals surface area contributed by atoms with Crippen LogP contribution in [0.1, 0.15) is 20.8 Å². The first-order valence-electron chi connectivity index (χ1n) is 7.39. The second-order valence-corrected chi connectivity index (χ2v) is 6.66. The topological polar surface area (TPSA) is 83.6 Å². The third kappa shape index (κ3) is 5.37. The van der Waals surface area contributed by atoms with Gasteiger partial charge >= 0.3 is 6.09 Å². The summed E-state index contributed by atoms with van der Waals surface area (Å²) in [5.41, 5.74) is -0.565. The molecule has 2 N–H and O–H groups in total. The fourth-order valence-electron chi connectivity index (χ4n) is 2.11. The zero-order chi connectivity index (χ0) is 17.0. The van der Waals surface area contributed by atoms with Gasteiger partial charge in [0.15, 0.2) is 0 Å². The number of hydrogen-bond acceptors (Lipinski definition) is 5. The summed E-state index contributed by atoms with van der Waals surface area (Å²) in [4.78, 5) is 29.9. The molecule has 1 fully saturated rings. The third-order valence-electron chi connectivity index (χ3n) is 3.11. The fourth-order valence-corrected chi connectivity index (χ4v) is 2.27. The maximum absolute atomic E-state index is 12.3. The van der Waals surface area contributed by atoms with E-state index >= 15 is 0 Å². The van der Waals surface area contributed by atoms with Crippen LogP contribution in [0.5, 0.6) is 0 Å². The number of ether oxygens (including phenoxy) is 1. The number of carbonyl (C=O) groups excluding carboxylic acids is 2. The van der Waals surface area contributed by atoms with Crippen molar-refractivity contribution in [1.82, 2.24) is 15.2 Å². The molecular formula is C15H21ClN4O3. The molecule has 0 aromatic carbocycles. The maximum atomic E-state index is 12.3. The number of pyridine rings is 1. The van der Waals surface area contributed by atoms with E-state index in [1.165, 1.54) is 4.90 Å². The van der Waals surface area contributed by atoms with E-state index in [-0.39, 0.29) is 12.5 Å². The summed E-state index contributed by atoms with van der Waals surface area (Å²) in [6, 6.07) is 4.45. The lowest BCUT2D eigenvalue weighted by atomic mass is 10.2. The summed E-state index contributed by atoms with van der Waals surface area (Å²) < 4.78 is 5.34. The van der Waals surface area contributed by atoms with Gasteiger partial charge in [-0.15, -0.1) is 0 Å². The van der Waals surface area contributed by atoms with Crippen LogP contribution < -0.4 is 10.6 Å². The molecule has 1 aromatic rings. The Morgan fingerprint density at radius 1 is 1.43 bits per heavy atom. The zero-order valence-corrected chi connectivity index (χ0v) is 14.2. The van der Waals surface area contributed by atoms with Crippen LogP contribution in [0.15, 0.2) is 18.2 Å². The average molecular weight is 341 g/mol. The quantitative estimate of drug-likeness (QED) is 0.803. The van der Waals surface area contributed by atoms with Crippen molar-refractivity contribution in [2.45, 2.75) is 32.4 Å². The standard InChI is InChI=1S/C15H21ClN4O3/c1-15(2,3)23-14(22)20-8-7-17-10(9-20)13(21)19-12-6-4-5-11(16)18-12/h4-6,10,17H,7-9H2,1-3H3,(H,18,19,21). The monoisotopic (exact) mass is 340 g/mol. The number of halogens is 1. The van der Waals surface area contributed by atoms with E-state index in [4.69, 9.17) is 16.3 Å². The molecule has 0 spiro atoms. The molecule has 1 aliphatic heterocycles. The Morgan fingerprint density at radius 3 is 2.83 bits per heavy atom. The number of aromatic nitrogens is 1. The van der Waals surface area contributed by atoms with Crippen molar-refractivity contribution in [3.63, 3.8) is 0 Å². The minimum absolute atomic E-state index is 0.237. The molecular weight excluding hydrogens is 320 g/mol. The van der Waals surface area contributed by atoms with Gasteiger partial charge in [0.2, 0.25) is 5.91 Å². The van der Waals surface area contributed by atoms with Gasteiger partial charge in [-0.05, 0) is 32.9 Å². The first kappa shape index (κ1) is 17.5. The largest absolute Gasteiger partial charge is 0.444 e. The van der Waals surface area contributed by atoms with Crippen molar-refractivity contribution >= 4 is 29.4 Å². The van der Waals surface area contributed by atoms with Gasteiger partial charge in [-0.1, -0.05) is 17.7 Å². The molecule has 0 aliphatic carbocycles. The van der Waals surface area contributed by atoms with Gasteiger partial charge in [-0.3, -0.25) is 4.79 Å². The van der Waals surface area contributed by atoms with E-state index in [0.717, 1.165) is 0 Å². The first-order chi connectivity index (χ1) is 10.7. The van der Waals surface area contributed by atoms with Gasteiger partial charge in [0, 0.05) is 19.6 Å². The van der Waals surface area contributed by atoms with Crippen LogP contribution in [0, 0.1) is 0 Å². The van der Waals surface area contributed by atoms with Gasteiger partial charge in [0.25, 0.3) is 0 Å². The summed E-state index contributed by atoms with van der Waals surface area (Å²) in [6.45, 7) is 6.67. The zero-order valence-electron chi connectivity index (χ0n) is 13.4. The Kier molecular flexibility index (Phi) is 5.43. The molecule has 126 valence electrons. The first-order valence-corrected chi connectivity index (χ1v) is 7.77. The number of rotatable bonds is 2. The summed E-state index contributed by atoms with van der Waals surface area (Å²) in [5.74, 6) is 0.103. The van der Waals surface area contributed by atoms with Crippen LogP contribution in [0.3, 0.4) is 0 Å². The number of amides is 2. The number of anilines is 1. The second-order valence-electron chi connectivity index (χ2n) is 6.27. The van der Waals surface area contributed by atoms with Gasteiger partial charge < -0.3 is 20.3 Å². The number of hydrogen-bond donors (Lipinski definition) is 2. The highest BCUT2D eigenvalue weighted by Crippen LogP contribution is 2.13. The molecule has 2 amide bonds. The van der Waals surface area contributed by atoms with E-state index in [9.17, 15) is 9.59 Å². The third-order valence-corrected chi connectivity index (χ3v) is 3.32. The van der Waals surface area contributed by atoms with Crippen molar-refractivity contribution in [2.75, 3.05) is 25.0 Å². The molecule has 0 saturated carbocycles. The molecule has 1 aromatic heterocycles. The molecule has 23 heavy (non-hydrogen) atoms. The second kappa shape index (κ2) is 7.14. The number of piperazine rings is 1. The lowest BCUT2D eigenvalue weighted by Gasteiger charge is -2.34. The molecule has 0 radical (unpaired) electrons. The van der Waals surface area contributed by atoms with Crippen molar-refractivity contribution in [3.8, 4) is 0 Å². The Balaban J connectivity index is 1.95. The van der Waals surface area contributed by atoms with Crippen LogP contribution in [0.4, 0.5) is 10.6 Å². The summed E-state index contributed by atoms with van der Waals surface area (Å²) in [7, 11) is 0. The van der Waals surface area contributed by atoms with E-state index < -0.39 is 17.7 Å². The van der Waals surface area contributed by atoms with Crippen LogP contribution >= 0.6 is 11.6 Å². The molecule has 7 nitrogen and oxygen atoms in total. The van der Waals surface area contributed by atoms with Crippen molar-refractivity contribution in [1.29, 1.82) is 0 Å². The van der Waals surface area contributed by atoms with E-state index in [1.807, 2.05) is 20.8 Å². The van der Waals surface area contributed by atoms with Gasteiger partial charge in [-0.2, -0.15) is 0 Å². The van der Waals surface area contributed by atoms with Crippen LogP contribution in [-0.2, 0) is 9.53 Å². The molecule has 0 bridgehead atoms. The van der Waals surface area contributed by atoms with Crippen LogP contribution in [0.2, 0.25) is 5.15 Å². The molecule has 1 saturated heterocycles. The van der Waals surface area contributed by atoms with E-state index in [0.29, 0.717) is 24.1 Å². The lowest BCUT2D eigenvalue weighted by Crippen LogP contribution is -2.57. The summed E-state index contributed by atoms with van der Waals surface area (Å²) >= 11 is 5.79. The van der Waals surface area contributed by atoms with Gasteiger partial charge in [-0.25, -0.2) is 9.78 Å². The number of carbonyl (C=O) groups is 2. The Labute approximate surface area is 140 Å². The fraction of sp³-hybridized carbons (Fsp3) is 0.533. The number of nitrogens with zero attached hydrogens (tertiary/aromatic N) is 2. The van der Waals surface area contributed by atoms with E-state index in [1.54, 1.807) is 18.2 Å². The van der Waals surface area contributed by atoms with Crippen molar-refractivity contribution < 1.29 is 14.3 Å². The lowest BCUT2D eigenvalue weighted by molar-refractivity contribution is -0.119. The highest BCUT2D eigenvalue weighted by atomic mass is 35.5. The van der Waals surface area contributed by atoms with Crippen molar-refractivity contribution in [2.24, 2.45) is 0 Å². The molecule has 2 heterocycles. The Hall–Kier alpha value is -1.86. The average Bonchev–Trinajstić information content (AvgIpc) is 2.45. The highest BCUT2D eigenvalue weighted by Gasteiger charge is 2.30. The molecule has 1 aliphatic rings. The highest BCUT2D eigenvalue weighted by molar-refractivity contribution is 6.29. The molecule has 1 atom stereocenters. The van der Waals surface area contributed by atoms with E-state index in [2.05, 4.69) is 15.6 Å². The SMILES string of the molecule is CC(C)(C)OC(=O)N1CCNC(C(=O)Nc2cccc(Cl)n2)C1. The number of nitrogens with one attached hydrogen (secondary N) is 2. The Morgan fingerprint density at radius 2 is 2.17 bits per heavy atom. The van der Waals surface area contributed by atoms with Crippen molar-refractivity contribution in [3.05, 3.63) is 23.4 Å².